The maximum absolute atomic E-state index is 13.3. The Morgan fingerprint density at radius 2 is 2.07 bits per heavy atom. The summed E-state index contributed by atoms with van der Waals surface area (Å²) in [7, 11) is 0. The molecule has 1 aromatic heterocycles. The van der Waals surface area contributed by atoms with Gasteiger partial charge < -0.3 is 15.6 Å². The lowest BCUT2D eigenvalue weighted by atomic mass is 10.2. The van der Waals surface area contributed by atoms with Gasteiger partial charge in [-0.25, -0.2) is 4.98 Å². The Hall–Kier alpha value is -2.13. The van der Waals surface area contributed by atoms with Gasteiger partial charge in [-0.3, -0.25) is 9.69 Å². The summed E-state index contributed by atoms with van der Waals surface area (Å²) in [5, 5.41) is 5.47. The van der Waals surface area contributed by atoms with E-state index in [1.807, 2.05) is 25.1 Å². The number of para-hydroxylation sites is 1. The molecular formula is C18H24F3N5O. The molecule has 6 nitrogen and oxygen atoms in total. The van der Waals surface area contributed by atoms with E-state index in [1.54, 1.807) is 0 Å². The number of imidazole rings is 1. The monoisotopic (exact) mass is 383 g/mol. The molecule has 1 aromatic carbocycles. The highest BCUT2D eigenvalue weighted by Crippen LogP contribution is 2.24. The highest BCUT2D eigenvalue weighted by Gasteiger charge is 2.43. The third kappa shape index (κ3) is 4.98. The lowest BCUT2D eigenvalue weighted by Crippen LogP contribution is -2.57. The van der Waals surface area contributed by atoms with Crippen LogP contribution < -0.4 is 10.6 Å². The molecule has 1 saturated heterocycles. The molecule has 148 valence electrons. The van der Waals surface area contributed by atoms with Crippen LogP contribution in [0, 0.1) is 6.92 Å². The van der Waals surface area contributed by atoms with E-state index in [-0.39, 0.29) is 6.42 Å². The predicted molar refractivity (Wildman–Crippen MR) is 96.4 cm³/mol. The Labute approximate surface area is 155 Å². The van der Waals surface area contributed by atoms with Gasteiger partial charge in [-0.05, 0) is 18.6 Å². The summed E-state index contributed by atoms with van der Waals surface area (Å²) in [6, 6.07) is 4.12. The van der Waals surface area contributed by atoms with Gasteiger partial charge >= 0.3 is 6.18 Å². The molecule has 1 atom stereocenters. The van der Waals surface area contributed by atoms with Crippen LogP contribution in [0.4, 0.5) is 13.2 Å². The normalized spacial score (nSPS) is 17.2. The van der Waals surface area contributed by atoms with Crippen molar-refractivity contribution in [3.63, 3.8) is 0 Å². The van der Waals surface area contributed by atoms with Gasteiger partial charge in [0.1, 0.15) is 11.9 Å². The van der Waals surface area contributed by atoms with Crippen molar-refractivity contribution in [3.05, 3.63) is 29.6 Å². The van der Waals surface area contributed by atoms with E-state index in [0.717, 1.165) is 16.6 Å². The molecule has 2 aromatic rings. The van der Waals surface area contributed by atoms with Crippen LogP contribution in [-0.2, 0) is 11.2 Å². The molecule has 0 radical (unpaired) electrons. The number of alkyl halides is 3. The number of halogens is 3. The summed E-state index contributed by atoms with van der Waals surface area (Å²) in [5.74, 6) is 0.250. The SMILES string of the molecule is Cc1cccc2[nH]c(CCC(=O)NCC(N3CCNCC3)C(F)(F)F)nc12. The fraction of sp³-hybridized carbons (Fsp3) is 0.556. The number of nitrogens with one attached hydrogen (secondary N) is 3. The first-order valence-electron chi connectivity index (χ1n) is 9.07. The molecule has 1 fully saturated rings. The van der Waals surface area contributed by atoms with Gasteiger partial charge in [0.25, 0.3) is 0 Å². The van der Waals surface area contributed by atoms with Crippen molar-refractivity contribution in [3.8, 4) is 0 Å². The maximum Gasteiger partial charge on any atom is 0.405 e. The number of piperazine rings is 1. The van der Waals surface area contributed by atoms with E-state index in [2.05, 4.69) is 20.6 Å². The first-order chi connectivity index (χ1) is 12.8. The molecule has 2 heterocycles. The standard InChI is InChI=1S/C18H24F3N5O/c1-12-3-2-4-13-17(12)25-15(24-13)5-6-16(27)23-11-14(18(19,20)21)26-9-7-22-8-10-26/h2-4,14,22H,5-11H2,1H3,(H,23,27)(H,24,25). The van der Waals surface area contributed by atoms with Crippen molar-refractivity contribution in [2.45, 2.75) is 32.0 Å². The summed E-state index contributed by atoms with van der Waals surface area (Å²) in [6.07, 6.45) is -3.93. The number of hydrogen-bond donors (Lipinski definition) is 3. The third-order valence-corrected chi connectivity index (χ3v) is 4.82. The van der Waals surface area contributed by atoms with Crippen LogP contribution in [0.2, 0.25) is 0 Å². The average Bonchev–Trinajstić information content (AvgIpc) is 3.04. The number of hydrogen-bond acceptors (Lipinski definition) is 4. The van der Waals surface area contributed by atoms with E-state index in [4.69, 9.17) is 0 Å². The number of aryl methyl sites for hydroxylation is 2. The number of nitrogens with zero attached hydrogens (tertiary/aromatic N) is 2. The lowest BCUT2D eigenvalue weighted by molar-refractivity contribution is -0.184. The molecule has 1 unspecified atom stereocenters. The van der Waals surface area contributed by atoms with E-state index in [1.165, 1.54) is 4.90 Å². The van der Waals surface area contributed by atoms with E-state index >= 15 is 0 Å². The second-order valence-electron chi connectivity index (χ2n) is 6.80. The molecule has 27 heavy (non-hydrogen) atoms. The van der Waals surface area contributed by atoms with E-state index in [0.29, 0.717) is 38.4 Å². The van der Waals surface area contributed by atoms with Crippen molar-refractivity contribution in [2.24, 2.45) is 0 Å². The second kappa shape index (κ2) is 8.26. The van der Waals surface area contributed by atoms with Crippen LogP contribution in [0.1, 0.15) is 17.8 Å². The highest BCUT2D eigenvalue weighted by atomic mass is 19.4. The zero-order valence-corrected chi connectivity index (χ0v) is 15.2. The second-order valence-corrected chi connectivity index (χ2v) is 6.80. The summed E-state index contributed by atoms with van der Waals surface area (Å²) < 4.78 is 40.0. The predicted octanol–water partition coefficient (Wildman–Crippen LogP) is 1.76. The van der Waals surface area contributed by atoms with Crippen molar-refractivity contribution < 1.29 is 18.0 Å². The van der Waals surface area contributed by atoms with Crippen LogP contribution >= 0.6 is 0 Å². The molecule has 1 aliphatic heterocycles. The smallest absolute Gasteiger partial charge is 0.354 e. The van der Waals surface area contributed by atoms with Crippen LogP contribution in [0.5, 0.6) is 0 Å². The molecule has 0 spiro atoms. The molecule has 3 rings (SSSR count). The largest absolute Gasteiger partial charge is 0.405 e. The fourth-order valence-corrected chi connectivity index (χ4v) is 3.32. The van der Waals surface area contributed by atoms with Crippen molar-refractivity contribution >= 4 is 16.9 Å². The maximum atomic E-state index is 13.3. The number of rotatable bonds is 6. The average molecular weight is 383 g/mol. The Morgan fingerprint density at radius 3 is 2.74 bits per heavy atom. The first-order valence-corrected chi connectivity index (χ1v) is 9.07. The molecule has 0 bridgehead atoms. The van der Waals surface area contributed by atoms with E-state index in [9.17, 15) is 18.0 Å². The summed E-state index contributed by atoms with van der Waals surface area (Å²) >= 11 is 0. The quantitative estimate of drug-likeness (QED) is 0.711. The van der Waals surface area contributed by atoms with E-state index < -0.39 is 24.7 Å². The minimum Gasteiger partial charge on any atom is -0.354 e. The topological polar surface area (TPSA) is 73.1 Å². The van der Waals surface area contributed by atoms with Gasteiger partial charge in [-0.15, -0.1) is 0 Å². The third-order valence-electron chi connectivity index (χ3n) is 4.82. The molecular weight excluding hydrogens is 359 g/mol. The zero-order chi connectivity index (χ0) is 19.4. The molecule has 9 heteroatoms. The van der Waals surface area contributed by atoms with Crippen molar-refractivity contribution in [1.29, 1.82) is 0 Å². The Kier molecular flexibility index (Phi) is 6.01. The molecule has 1 aliphatic rings. The zero-order valence-electron chi connectivity index (χ0n) is 15.2. The Bertz CT molecular complexity index is 783. The van der Waals surface area contributed by atoms with Gasteiger partial charge in [0.05, 0.1) is 11.0 Å². The molecule has 1 amide bonds. The molecule has 0 saturated carbocycles. The number of carbonyl (C=O) groups excluding carboxylic acids is 1. The fourth-order valence-electron chi connectivity index (χ4n) is 3.32. The van der Waals surface area contributed by atoms with Crippen LogP contribution in [-0.4, -0.2) is 65.7 Å². The number of carbonyl (C=O) groups is 1. The number of H-pyrrole nitrogens is 1. The van der Waals surface area contributed by atoms with Gasteiger partial charge in [-0.2, -0.15) is 13.2 Å². The lowest BCUT2D eigenvalue weighted by Gasteiger charge is -2.35. The van der Waals surface area contributed by atoms with Crippen LogP contribution in [0.25, 0.3) is 11.0 Å². The first kappa shape index (κ1) is 19.6. The van der Waals surface area contributed by atoms with Crippen LogP contribution in [0.3, 0.4) is 0 Å². The molecule has 3 N–H and O–H groups in total. The number of fused-ring (bicyclic) bond motifs is 1. The summed E-state index contributed by atoms with van der Waals surface area (Å²) in [6.45, 7) is 3.20. The van der Waals surface area contributed by atoms with Crippen molar-refractivity contribution in [1.82, 2.24) is 25.5 Å². The highest BCUT2D eigenvalue weighted by molar-refractivity contribution is 5.79. The minimum absolute atomic E-state index is 0.0883. The summed E-state index contributed by atoms with van der Waals surface area (Å²) in [4.78, 5) is 21.0. The van der Waals surface area contributed by atoms with Crippen LogP contribution in [0.15, 0.2) is 18.2 Å². The molecule has 0 aliphatic carbocycles. The number of amides is 1. The number of benzene rings is 1. The van der Waals surface area contributed by atoms with Gasteiger partial charge in [-0.1, -0.05) is 12.1 Å². The van der Waals surface area contributed by atoms with Gasteiger partial charge in [0, 0.05) is 45.6 Å². The van der Waals surface area contributed by atoms with Crippen molar-refractivity contribution in [2.75, 3.05) is 32.7 Å². The number of aromatic amines is 1. The summed E-state index contributed by atoms with van der Waals surface area (Å²) in [5.41, 5.74) is 2.77. The van der Waals surface area contributed by atoms with Gasteiger partial charge in [0.15, 0.2) is 0 Å². The van der Waals surface area contributed by atoms with Gasteiger partial charge in [0.2, 0.25) is 5.91 Å². The Balaban J connectivity index is 1.53. The Morgan fingerprint density at radius 1 is 1.33 bits per heavy atom. The number of aromatic nitrogens is 2. The minimum atomic E-state index is -4.37.